The van der Waals surface area contributed by atoms with Crippen molar-refractivity contribution < 1.29 is 16.8 Å². The lowest BCUT2D eigenvalue weighted by molar-refractivity contribution is 0.595. The first kappa shape index (κ1) is 16.8. The molecule has 0 unspecified atom stereocenters. The smallest absolute Gasteiger partial charge is 0.261 e. The first-order chi connectivity index (χ1) is 11.1. The summed E-state index contributed by atoms with van der Waals surface area (Å²) >= 11 is 1.47. The molecule has 0 atom stereocenters. The number of rotatable bonds is 4. The second kappa shape index (κ2) is 5.81. The molecule has 0 fully saturated rings. The van der Waals surface area contributed by atoms with Crippen LogP contribution in [-0.4, -0.2) is 21.8 Å². The van der Waals surface area contributed by atoms with Gasteiger partial charge in [0.15, 0.2) is 0 Å². The van der Waals surface area contributed by atoms with E-state index in [2.05, 4.69) is 9.71 Å². The standard InChI is InChI=1S/C14H13N3O4S3/c1-9-16-13-7-2-10(8-14(13)22-9)17-24(20,21)12-5-3-11(4-6-12)23(15,18)19/h2-8,17H,1H3,(H2,15,18,19). The number of sulfonamides is 2. The summed E-state index contributed by atoms with van der Waals surface area (Å²) in [5, 5.41) is 5.89. The van der Waals surface area contributed by atoms with E-state index in [0.717, 1.165) is 27.4 Å². The number of nitrogens with two attached hydrogens (primary N) is 1. The first-order valence-corrected chi connectivity index (χ1v) is 10.5. The molecule has 2 aromatic carbocycles. The second-order valence-electron chi connectivity index (χ2n) is 5.04. The fraction of sp³-hybridized carbons (Fsp3) is 0.0714. The summed E-state index contributed by atoms with van der Waals surface area (Å²) in [7, 11) is -7.71. The second-order valence-corrected chi connectivity index (χ2v) is 9.52. The van der Waals surface area contributed by atoms with Crippen LogP contribution in [0.15, 0.2) is 52.3 Å². The summed E-state index contributed by atoms with van der Waals surface area (Å²) in [6, 6.07) is 9.75. The van der Waals surface area contributed by atoms with Crippen molar-refractivity contribution in [1.29, 1.82) is 0 Å². The quantitative estimate of drug-likeness (QED) is 0.714. The van der Waals surface area contributed by atoms with Crippen LogP contribution in [0.2, 0.25) is 0 Å². The Morgan fingerprint density at radius 1 is 1.00 bits per heavy atom. The van der Waals surface area contributed by atoms with Crippen LogP contribution in [0.3, 0.4) is 0 Å². The van der Waals surface area contributed by atoms with Crippen LogP contribution < -0.4 is 9.86 Å². The highest BCUT2D eigenvalue weighted by atomic mass is 32.2. The largest absolute Gasteiger partial charge is 0.280 e. The summed E-state index contributed by atoms with van der Waals surface area (Å²) in [5.74, 6) is 0. The number of fused-ring (bicyclic) bond motifs is 1. The van der Waals surface area contributed by atoms with Gasteiger partial charge in [-0.3, -0.25) is 4.72 Å². The fourth-order valence-electron chi connectivity index (χ4n) is 2.13. The van der Waals surface area contributed by atoms with Crippen molar-refractivity contribution >= 4 is 47.3 Å². The van der Waals surface area contributed by atoms with Crippen LogP contribution in [0, 0.1) is 6.92 Å². The molecule has 126 valence electrons. The van der Waals surface area contributed by atoms with Gasteiger partial charge in [0.05, 0.1) is 30.7 Å². The Bertz CT molecular complexity index is 1120. The molecule has 7 nitrogen and oxygen atoms in total. The molecule has 0 aliphatic rings. The van der Waals surface area contributed by atoms with Gasteiger partial charge in [-0.25, -0.2) is 27.0 Å². The summed E-state index contributed by atoms with van der Waals surface area (Å²) in [6.45, 7) is 1.88. The predicted octanol–water partition coefficient (Wildman–Crippen LogP) is 2.05. The molecule has 0 aliphatic heterocycles. The lowest BCUT2D eigenvalue weighted by Gasteiger charge is -2.08. The van der Waals surface area contributed by atoms with Crippen LogP contribution in [-0.2, 0) is 20.0 Å². The molecule has 24 heavy (non-hydrogen) atoms. The number of thiazole rings is 1. The maximum absolute atomic E-state index is 12.4. The Labute approximate surface area is 143 Å². The highest BCUT2D eigenvalue weighted by Gasteiger charge is 2.16. The van der Waals surface area contributed by atoms with Gasteiger partial charge in [-0.15, -0.1) is 11.3 Å². The molecule has 1 aromatic heterocycles. The Morgan fingerprint density at radius 3 is 2.25 bits per heavy atom. The number of aromatic nitrogens is 1. The van der Waals surface area contributed by atoms with Crippen molar-refractivity contribution in [3.8, 4) is 0 Å². The zero-order valence-corrected chi connectivity index (χ0v) is 14.9. The van der Waals surface area contributed by atoms with Crippen molar-refractivity contribution in [1.82, 2.24) is 4.98 Å². The lowest BCUT2D eigenvalue weighted by atomic mass is 10.3. The third-order valence-corrected chi connectivity index (χ3v) is 6.47. The normalized spacial score (nSPS) is 12.4. The topological polar surface area (TPSA) is 119 Å². The average molecular weight is 383 g/mol. The third-order valence-electron chi connectivity index (χ3n) is 3.21. The number of nitrogens with zero attached hydrogens (tertiary/aromatic N) is 1. The molecular formula is C14H13N3O4S3. The number of hydrogen-bond acceptors (Lipinski definition) is 6. The van der Waals surface area contributed by atoms with Crippen molar-refractivity contribution in [3.05, 3.63) is 47.5 Å². The molecule has 1 heterocycles. The molecule has 3 rings (SSSR count). The number of primary sulfonamides is 1. The van der Waals surface area contributed by atoms with Crippen LogP contribution in [0.5, 0.6) is 0 Å². The summed E-state index contributed by atoms with van der Waals surface area (Å²) in [5.41, 5.74) is 1.21. The van der Waals surface area contributed by atoms with E-state index in [1.807, 2.05) is 6.92 Å². The minimum Gasteiger partial charge on any atom is -0.280 e. The molecule has 0 aliphatic carbocycles. The van der Waals surface area contributed by atoms with E-state index in [1.165, 1.54) is 23.5 Å². The van der Waals surface area contributed by atoms with Crippen molar-refractivity contribution in [2.45, 2.75) is 16.7 Å². The SMILES string of the molecule is Cc1nc2ccc(NS(=O)(=O)c3ccc(S(N)(=O)=O)cc3)cc2s1. The van der Waals surface area contributed by atoms with Gasteiger partial charge < -0.3 is 0 Å². The lowest BCUT2D eigenvalue weighted by Crippen LogP contribution is -2.15. The van der Waals surface area contributed by atoms with Crippen LogP contribution in [0.4, 0.5) is 5.69 Å². The van der Waals surface area contributed by atoms with Gasteiger partial charge in [0.1, 0.15) is 0 Å². The van der Waals surface area contributed by atoms with Crippen molar-refractivity contribution in [2.24, 2.45) is 5.14 Å². The van der Waals surface area contributed by atoms with Gasteiger partial charge in [0.2, 0.25) is 10.0 Å². The average Bonchev–Trinajstić information content (AvgIpc) is 2.85. The molecule has 0 amide bonds. The maximum atomic E-state index is 12.4. The third kappa shape index (κ3) is 3.41. The molecule has 10 heteroatoms. The fourth-order valence-corrected chi connectivity index (χ4v) is 4.56. The van der Waals surface area contributed by atoms with Gasteiger partial charge >= 0.3 is 0 Å². The van der Waals surface area contributed by atoms with Gasteiger partial charge in [-0.2, -0.15) is 0 Å². The number of anilines is 1. The molecule has 0 saturated heterocycles. The Kier molecular flexibility index (Phi) is 4.08. The monoisotopic (exact) mass is 383 g/mol. The summed E-state index contributed by atoms with van der Waals surface area (Å²) < 4.78 is 50.6. The molecular weight excluding hydrogens is 370 g/mol. The van der Waals surface area contributed by atoms with Crippen molar-refractivity contribution in [2.75, 3.05) is 4.72 Å². The van der Waals surface area contributed by atoms with Gasteiger partial charge in [-0.1, -0.05) is 0 Å². The van der Waals surface area contributed by atoms with Crippen LogP contribution in [0.25, 0.3) is 10.2 Å². The first-order valence-electron chi connectivity index (χ1n) is 6.68. The zero-order chi connectivity index (χ0) is 17.5. The minimum absolute atomic E-state index is 0.0597. The van der Waals surface area contributed by atoms with Crippen LogP contribution in [0.1, 0.15) is 5.01 Å². The van der Waals surface area contributed by atoms with E-state index in [9.17, 15) is 16.8 Å². The van der Waals surface area contributed by atoms with Gasteiger partial charge in [-0.05, 0) is 49.4 Å². The minimum atomic E-state index is -3.87. The molecule has 0 bridgehead atoms. The molecule has 0 radical (unpaired) electrons. The molecule has 3 N–H and O–H groups in total. The Hall–Kier alpha value is -2.01. The number of hydrogen-bond donors (Lipinski definition) is 2. The zero-order valence-electron chi connectivity index (χ0n) is 12.4. The van der Waals surface area contributed by atoms with E-state index in [4.69, 9.17) is 5.14 Å². The summed E-state index contributed by atoms with van der Waals surface area (Å²) in [4.78, 5) is 4.10. The molecule has 0 spiro atoms. The molecule has 3 aromatic rings. The number of benzene rings is 2. The van der Waals surface area contributed by atoms with E-state index in [1.54, 1.807) is 18.2 Å². The van der Waals surface area contributed by atoms with Crippen LogP contribution >= 0.6 is 11.3 Å². The van der Waals surface area contributed by atoms with Crippen molar-refractivity contribution in [3.63, 3.8) is 0 Å². The highest BCUT2D eigenvalue weighted by Crippen LogP contribution is 2.26. The Balaban J connectivity index is 1.92. The predicted molar refractivity (Wildman–Crippen MR) is 93.0 cm³/mol. The van der Waals surface area contributed by atoms with E-state index in [-0.39, 0.29) is 9.79 Å². The van der Waals surface area contributed by atoms with Gasteiger partial charge in [0, 0.05) is 0 Å². The van der Waals surface area contributed by atoms with Gasteiger partial charge in [0.25, 0.3) is 10.0 Å². The molecule has 0 saturated carbocycles. The number of nitrogens with one attached hydrogen (secondary N) is 1. The number of aryl methyl sites for hydroxylation is 1. The Morgan fingerprint density at radius 2 is 1.62 bits per heavy atom. The van der Waals surface area contributed by atoms with E-state index >= 15 is 0 Å². The maximum Gasteiger partial charge on any atom is 0.261 e. The van der Waals surface area contributed by atoms with E-state index < -0.39 is 20.0 Å². The highest BCUT2D eigenvalue weighted by molar-refractivity contribution is 7.92. The summed E-state index contributed by atoms with van der Waals surface area (Å²) in [6.07, 6.45) is 0. The van der Waals surface area contributed by atoms with E-state index in [0.29, 0.717) is 5.69 Å².